The minimum Gasteiger partial charge on any atom is -0.508 e. The van der Waals surface area contributed by atoms with Crippen LogP contribution in [0.4, 0.5) is 26.0 Å². The van der Waals surface area contributed by atoms with Crippen LogP contribution >= 0.6 is 23.2 Å². The van der Waals surface area contributed by atoms with E-state index in [1.165, 1.54) is 43.5 Å². The Balaban J connectivity index is 0.740. The van der Waals surface area contributed by atoms with Crippen molar-refractivity contribution >= 4 is 68.9 Å². The second kappa shape index (κ2) is 26.2. The topological polar surface area (TPSA) is 186 Å². The van der Waals surface area contributed by atoms with Gasteiger partial charge < -0.3 is 44.7 Å². The number of fused-ring (bicyclic) bond motifs is 2. The van der Waals surface area contributed by atoms with Crippen molar-refractivity contribution in [1.29, 1.82) is 5.26 Å². The Bertz CT molecular complexity index is 3570. The van der Waals surface area contributed by atoms with Crippen LogP contribution in [-0.4, -0.2) is 127 Å². The highest BCUT2D eigenvalue weighted by Gasteiger charge is 2.61. The third-order valence-corrected chi connectivity index (χ3v) is 17.7. The number of aromatic hydroxyl groups is 1. The van der Waals surface area contributed by atoms with Gasteiger partial charge in [-0.25, -0.2) is 8.78 Å². The van der Waals surface area contributed by atoms with Crippen LogP contribution in [0.15, 0.2) is 104 Å². The number of likely N-dealkylation sites (tertiary alicyclic amines) is 1. The SMILES string of the molecule is C=CC(=O)N1CCN(c2nc(O[C@H](C)CN3CCC(OCCNC(=O)c4ccc(NC(=O)C5C[C@@H](CC(C)(C)C)[C@](C#N)(c6ccc(Cl)cc6F)[C@H]5c5cccc(Cl)c5F)c(OC)c4)CC3)nc3c2CCN(c2cc(O)cc4ccccc24)C3)CC1. The predicted octanol–water partition coefficient (Wildman–Crippen LogP) is 11.3. The zero-order chi connectivity index (χ0) is 61.0. The molecule has 2 saturated heterocycles. The summed E-state index contributed by atoms with van der Waals surface area (Å²) in [5.41, 5.74) is 1.33. The minimum absolute atomic E-state index is 0.00940. The quantitative estimate of drug-likeness (QED) is 0.0546. The van der Waals surface area contributed by atoms with Gasteiger partial charge in [0.15, 0.2) is 0 Å². The molecule has 0 spiro atoms. The number of nitrogens with one attached hydrogen (secondary N) is 2. The van der Waals surface area contributed by atoms with E-state index in [4.69, 9.17) is 47.4 Å². The van der Waals surface area contributed by atoms with Crippen LogP contribution in [0.2, 0.25) is 10.0 Å². The number of piperidine rings is 1. The van der Waals surface area contributed by atoms with E-state index in [2.05, 4.69) is 44.0 Å². The van der Waals surface area contributed by atoms with Crippen molar-refractivity contribution in [3.8, 4) is 23.6 Å². The molecule has 20 heteroatoms. The molecule has 452 valence electrons. The van der Waals surface area contributed by atoms with E-state index in [-0.39, 0.29) is 92.9 Å². The number of phenolic OH excluding ortho intramolecular Hbond substituents is 1. The molecule has 3 N–H and O–H groups in total. The number of hydrogen-bond acceptors (Lipinski definition) is 13. The molecule has 3 amide bonds. The molecule has 10 rings (SSSR count). The van der Waals surface area contributed by atoms with Gasteiger partial charge in [0.05, 0.1) is 54.3 Å². The van der Waals surface area contributed by atoms with Crippen molar-refractivity contribution in [2.24, 2.45) is 17.3 Å². The molecule has 4 heterocycles. The highest BCUT2D eigenvalue weighted by molar-refractivity contribution is 6.31. The fraction of sp³-hybridized carbons (Fsp3) is 0.424. The average Bonchev–Trinajstić information content (AvgIpc) is 1.55. The minimum atomic E-state index is -1.71. The van der Waals surface area contributed by atoms with E-state index < -0.39 is 40.7 Å². The number of ether oxygens (including phenoxy) is 3. The zero-order valence-electron chi connectivity index (χ0n) is 49.2. The van der Waals surface area contributed by atoms with E-state index in [1.54, 1.807) is 29.2 Å². The van der Waals surface area contributed by atoms with Gasteiger partial charge in [-0.15, -0.1) is 0 Å². The van der Waals surface area contributed by atoms with Gasteiger partial charge >= 0.3 is 6.01 Å². The van der Waals surface area contributed by atoms with Gasteiger partial charge in [-0.2, -0.15) is 15.2 Å². The van der Waals surface area contributed by atoms with Crippen LogP contribution in [0, 0.1) is 40.2 Å². The molecule has 5 aromatic carbocycles. The van der Waals surface area contributed by atoms with Crippen LogP contribution in [0.3, 0.4) is 0 Å². The maximum atomic E-state index is 16.3. The lowest BCUT2D eigenvalue weighted by Crippen LogP contribution is -2.49. The summed E-state index contributed by atoms with van der Waals surface area (Å²) in [6.07, 6.45) is 3.88. The Morgan fingerprint density at radius 3 is 2.43 bits per heavy atom. The molecule has 1 aromatic heterocycles. The third kappa shape index (κ3) is 13.2. The zero-order valence-corrected chi connectivity index (χ0v) is 50.7. The number of amides is 3. The summed E-state index contributed by atoms with van der Waals surface area (Å²) in [6, 6.07) is 27.5. The van der Waals surface area contributed by atoms with E-state index in [9.17, 15) is 24.8 Å². The molecule has 4 aliphatic rings. The van der Waals surface area contributed by atoms with Gasteiger partial charge in [-0.3, -0.25) is 19.3 Å². The number of piperazine rings is 1. The number of carbonyl (C=O) groups excluding carboxylic acids is 3. The molecule has 0 bridgehead atoms. The van der Waals surface area contributed by atoms with Crippen molar-refractivity contribution in [1.82, 2.24) is 25.1 Å². The van der Waals surface area contributed by atoms with Crippen LogP contribution < -0.4 is 29.9 Å². The maximum Gasteiger partial charge on any atom is 0.318 e. The number of phenols is 1. The molecule has 16 nitrogen and oxygen atoms in total. The van der Waals surface area contributed by atoms with Crippen LogP contribution in [0.25, 0.3) is 10.8 Å². The summed E-state index contributed by atoms with van der Waals surface area (Å²) in [4.78, 5) is 59.4. The first-order chi connectivity index (χ1) is 41.3. The largest absolute Gasteiger partial charge is 0.508 e. The summed E-state index contributed by atoms with van der Waals surface area (Å²) in [5.74, 6) is -4.14. The molecule has 5 atom stereocenters. The number of benzene rings is 5. The van der Waals surface area contributed by atoms with Gasteiger partial charge in [-0.1, -0.05) is 93.0 Å². The number of halogens is 4. The Morgan fingerprint density at radius 2 is 1.71 bits per heavy atom. The fourth-order valence-electron chi connectivity index (χ4n) is 13.3. The molecule has 3 aliphatic heterocycles. The Morgan fingerprint density at radius 1 is 0.942 bits per heavy atom. The molecule has 1 saturated carbocycles. The Kier molecular flexibility index (Phi) is 18.7. The normalized spacial score (nSPS) is 20.5. The van der Waals surface area contributed by atoms with E-state index in [1.807, 2.05) is 52.0 Å². The number of methoxy groups -OCH3 is 1. The number of nitriles is 1. The first-order valence-corrected chi connectivity index (χ1v) is 30.1. The first kappa shape index (κ1) is 61.5. The average molecular weight is 1210 g/mol. The van der Waals surface area contributed by atoms with E-state index >= 15 is 8.78 Å². The standard InChI is InChI=1S/C66H73Cl2F2N9O7/c1-7-58(81)77-26-28-78(29-27-77)61-48-21-25-79(56-35-45(80)31-41-11-8-9-12-47(41)56)38-55(48)74-64(75-61)86-40(2)37-76-23-19-46(20-24-76)85-30-22-72-62(82)42-15-18-54(57(32-42)84-6)73-63(83)50-33-43(36-65(3,4)5)66(39-71,51-17-16-44(67)34-53(51)69)59(50)49-13-10-14-52(68)60(49)70/h7-18,31-32,34-35,40,43,46,50,59,80H,1,19-30,33,36-38H2,2-6H3,(H,72,82)(H,73,83)/t40-,43+,50?,59+,66-/m1/s1. The van der Waals surface area contributed by atoms with Crippen LogP contribution in [0.5, 0.6) is 17.5 Å². The third-order valence-electron chi connectivity index (χ3n) is 17.2. The predicted molar refractivity (Wildman–Crippen MR) is 329 cm³/mol. The van der Waals surface area contributed by atoms with Gasteiger partial charge in [-0.05, 0) is 110 Å². The summed E-state index contributed by atoms with van der Waals surface area (Å²) in [5, 5.41) is 29.8. The highest BCUT2D eigenvalue weighted by Crippen LogP contribution is 2.61. The van der Waals surface area contributed by atoms with Crippen molar-refractivity contribution in [2.45, 2.75) is 89.9 Å². The molecular weight excluding hydrogens is 1140 g/mol. The lowest BCUT2D eigenvalue weighted by molar-refractivity contribution is -0.126. The molecule has 1 aliphatic carbocycles. The molecule has 6 aromatic rings. The molecule has 0 radical (unpaired) electrons. The maximum absolute atomic E-state index is 16.3. The Hall–Kier alpha value is -7.56. The summed E-state index contributed by atoms with van der Waals surface area (Å²) in [6.45, 7) is 17.9. The van der Waals surface area contributed by atoms with E-state index in [0.29, 0.717) is 64.7 Å². The van der Waals surface area contributed by atoms with Crippen LogP contribution in [-0.2, 0) is 32.7 Å². The van der Waals surface area contributed by atoms with E-state index in [0.717, 1.165) is 65.5 Å². The van der Waals surface area contributed by atoms with Crippen molar-refractivity contribution < 1.29 is 42.5 Å². The highest BCUT2D eigenvalue weighted by atomic mass is 35.5. The number of anilines is 3. The monoisotopic (exact) mass is 1210 g/mol. The molecule has 1 unspecified atom stereocenters. The number of nitrogens with zero attached hydrogens (tertiary/aromatic N) is 7. The first-order valence-electron chi connectivity index (χ1n) is 29.4. The second-order valence-electron chi connectivity index (χ2n) is 24.1. The number of carbonyl (C=O) groups is 3. The van der Waals surface area contributed by atoms with Crippen molar-refractivity contribution in [2.75, 3.05) is 87.7 Å². The molecule has 86 heavy (non-hydrogen) atoms. The summed E-state index contributed by atoms with van der Waals surface area (Å²) in [7, 11) is 1.41. The second-order valence-corrected chi connectivity index (χ2v) is 25.0. The van der Waals surface area contributed by atoms with Crippen molar-refractivity contribution in [3.63, 3.8) is 0 Å². The van der Waals surface area contributed by atoms with Gasteiger partial charge in [0.2, 0.25) is 11.8 Å². The number of aromatic nitrogens is 2. The van der Waals surface area contributed by atoms with Crippen molar-refractivity contribution in [3.05, 3.63) is 153 Å². The Labute approximate surface area is 511 Å². The lowest BCUT2D eigenvalue weighted by Gasteiger charge is -2.38. The van der Waals surface area contributed by atoms with Crippen LogP contribution in [0.1, 0.15) is 92.0 Å². The summed E-state index contributed by atoms with van der Waals surface area (Å²) >= 11 is 12.6. The molecular formula is C66H73Cl2F2N9O7. The summed E-state index contributed by atoms with van der Waals surface area (Å²) < 4.78 is 51.0. The lowest BCUT2D eigenvalue weighted by atomic mass is 9.62. The number of hydrogen-bond donors (Lipinski definition) is 3. The van der Waals surface area contributed by atoms with Gasteiger partial charge in [0, 0.05) is 110 Å². The smallest absolute Gasteiger partial charge is 0.318 e. The fourth-order valence-corrected chi connectivity index (χ4v) is 13.6. The van der Waals surface area contributed by atoms with Gasteiger partial charge in [0.1, 0.15) is 35.1 Å². The number of rotatable bonds is 18. The van der Waals surface area contributed by atoms with Gasteiger partial charge in [0.25, 0.3) is 5.91 Å². The molecule has 3 fully saturated rings.